The highest BCUT2D eigenvalue weighted by Gasteiger charge is 2.30. The fourth-order valence-corrected chi connectivity index (χ4v) is 3.92. The van der Waals surface area contributed by atoms with Gasteiger partial charge in [-0.05, 0) is 23.6 Å². The van der Waals surface area contributed by atoms with Crippen molar-refractivity contribution in [2.75, 3.05) is 18.1 Å². The fraction of sp³-hybridized carbons (Fsp3) is 0.500. The lowest BCUT2D eigenvalue weighted by atomic mass is 9.85. The Morgan fingerprint density at radius 1 is 1.36 bits per heavy atom. The first-order valence-electron chi connectivity index (χ1n) is 5.27. The Bertz CT molecular complexity index is 357. The van der Waals surface area contributed by atoms with Crippen molar-refractivity contribution in [3.63, 3.8) is 0 Å². The summed E-state index contributed by atoms with van der Waals surface area (Å²) in [6.45, 7) is 3.43. The molecule has 2 heteroatoms. The molecule has 2 atom stereocenters. The predicted molar refractivity (Wildman–Crippen MR) is 62.0 cm³/mol. The third-order valence-electron chi connectivity index (χ3n) is 3.36. The Morgan fingerprint density at radius 3 is 3.21 bits per heavy atom. The molecule has 1 fully saturated rings. The minimum atomic E-state index is 0.605. The molecule has 1 N–H and O–H groups in total. The summed E-state index contributed by atoms with van der Waals surface area (Å²) >= 11 is 2.10. The Kier molecular flexibility index (Phi) is 2.06. The van der Waals surface area contributed by atoms with Crippen LogP contribution in [0.15, 0.2) is 18.2 Å². The van der Waals surface area contributed by atoms with E-state index in [2.05, 4.69) is 42.2 Å². The van der Waals surface area contributed by atoms with Gasteiger partial charge in [0.15, 0.2) is 0 Å². The average molecular weight is 205 g/mol. The second-order valence-electron chi connectivity index (χ2n) is 4.27. The molecule has 0 amide bonds. The Labute approximate surface area is 89.3 Å². The molecule has 4 rings (SSSR count). The Morgan fingerprint density at radius 2 is 2.29 bits per heavy atom. The van der Waals surface area contributed by atoms with Crippen LogP contribution in [-0.2, 0) is 0 Å². The molecule has 74 valence electrons. The summed E-state index contributed by atoms with van der Waals surface area (Å²) < 4.78 is 0. The van der Waals surface area contributed by atoms with Gasteiger partial charge in [0, 0.05) is 30.0 Å². The molecule has 0 aromatic heterocycles. The van der Waals surface area contributed by atoms with Crippen LogP contribution in [0.25, 0.3) is 0 Å². The molecule has 0 saturated carbocycles. The predicted octanol–water partition coefficient (Wildman–Crippen LogP) is 2.47. The second-order valence-corrected chi connectivity index (χ2v) is 5.35. The molecule has 1 aromatic rings. The molecule has 1 saturated heterocycles. The molecule has 2 unspecified atom stereocenters. The minimum absolute atomic E-state index is 0.605. The maximum atomic E-state index is 3.64. The molecule has 3 aliphatic rings. The molecule has 1 aromatic carbocycles. The second kappa shape index (κ2) is 3.28. The van der Waals surface area contributed by atoms with E-state index in [0.29, 0.717) is 6.04 Å². The van der Waals surface area contributed by atoms with E-state index in [1.807, 2.05) is 0 Å². The zero-order valence-electron chi connectivity index (χ0n) is 8.42. The highest BCUT2D eigenvalue weighted by atomic mass is 32.2. The molecule has 3 aliphatic heterocycles. The van der Waals surface area contributed by atoms with Gasteiger partial charge in [-0.3, -0.25) is 0 Å². The lowest BCUT2D eigenvalue weighted by molar-refractivity contribution is 0.513. The molecule has 0 spiro atoms. The Hall–Kier alpha value is -0.470. The first-order chi connectivity index (χ1) is 6.86. The number of benzene rings is 1. The van der Waals surface area contributed by atoms with Crippen molar-refractivity contribution in [3.8, 4) is 0 Å². The summed E-state index contributed by atoms with van der Waals surface area (Å²) in [7, 11) is 0. The van der Waals surface area contributed by atoms with Gasteiger partial charge in [-0.15, -0.1) is 0 Å². The highest BCUT2D eigenvalue weighted by Crippen LogP contribution is 2.39. The van der Waals surface area contributed by atoms with Crippen molar-refractivity contribution in [1.29, 1.82) is 0 Å². The van der Waals surface area contributed by atoms with Crippen molar-refractivity contribution >= 4 is 11.8 Å². The van der Waals surface area contributed by atoms with Crippen LogP contribution in [0.4, 0.5) is 0 Å². The monoisotopic (exact) mass is 205 g/mol. The van der Waals surface area contributed by atoms with Crippen molar-refractivity contribution < 1.29 is 0 Å². The maximum Gasteiger partial charge on any atom is 0.0415 e. The van der Waals surface area contributed by atoms with Crippen LogP contribution in [0, 0.1) is 6.92 Å². The van der Waals surface area contributed by atoms with E-state index in [4.69, 9.17) is 0 Å². The number of fused-ring (bicyclic) bond motifs is 3. The SMILES string of the molecule is Cc1cccc2c1C1CNC2CSC1. The minimum Gasteiger partial charge on any atom is -0.309 e. The number of nitrogens with one attached hydrogen (secondary N) is 1. The summed E-state index contributed by atoms with van der Waals surface area (Å²) in [5.74, 6) is 3.28. The van der Waals surface area contributed by atoms with Gasteiger partial charge in [-0.1, -0.05) is 18.2 Å². The van der Waals surface area contributed by atoms with E-state index >= 15 is 0 Å². The van der Waals surface area contributed by atoms with E-state index in [1.54, 1.807) is 11.1 Å². The van der Waals surface area contributed by atoms with Crippen molar-refractivity contribution in [2.45, 2.75) is 18.9 Å². The van der Waals surface area contributed by atoms with Crippen molar-refractivity contribution in [3.05, 3.63) is 34.9 Å². The molecule has 0 radical (unpaired) electrons. The molecule has 3 heterocycles. The van der Waals surface area contributed by atoms with Gasteiger partial charge in [-0.25, -0.2) is 0 Å². The first-order valence-corrected chi connectivity index (χ1v) is 6.42. The largest absolute Gasteiger partial charge is 0.309 e. The van der Waals surface area contributed by atoms with Gasteiger partial charge >= 0.3 is 0 Å². The van der Waals surface area contributed by atoms with Crippen LogP contribution in [0.1, 0.15) is 28.7 Å². The van der Waals surface area contributed by atoms with Crippen LogP contribution >= 0.6 is 11.8 Å². The lowest BCUT2D eigenvalue weighted by Crippen LogP contribution is -2.32. The maximum absolute atomic E-state index is 3.64. The lowest BCUT2D eigenvalue weighted by Gasteiger charge is -2.29. The van der Waals surface area contributed by atoms with Gasteiger partial charge in [0.2, 0.25) is 0 Å². The van der Waals surface area contributed by atoms with Crippen LogP contribution in [-0.4, -0.2) is 18.1 Å². The first kappa shape index (κ1) is 8.81. The smallest absolute Gasteiger partial charge is 0.0415 e. The summed E-state index contributed by atoms with van der Waals surface area (Å²) in [5.41, 5.74) is 4.69. The Balaban J connectivity index is 2.20. The summed E-state index contributed by atoms with van der Waals surface area (Å²) in [5, 5.41) is 3.64. The number of aryl methyl sites for hydroxylation is 1. The van der Waals surface area contributed by atoms with E-state index in [0.717, 1.165) is 5.92 Å². The van der Waals surface area contributed by atoms with E-state index in [-0.39, 0.29) is 0 Å². The van der Waals surface area contributed by atoms with Gasteiger partial charge < -0.3 is 5.32 Å². The number of hydrogen-bond acceptors (Lipinski definition) is 2. The van der Waals surface area contributed by atoms with Crippen LogP contribution in [0.3, 0.4) is 0 Å². The van der Waals surface area contributed by atoms with Crippen LogP contribution < -0.4 is 5.32 Å². The summed E-state index contributed by atoms with van der Waals surface area (Å²) in [6.07, 6.45) is 0. The molecule has 1 nitrogen and oxygen atoms in total. The van der Waals surface area contributed by atoms with Gasteiger partial charge in [0.1, 0.15) is 0 Å². The molecular weight excluding hydrogens is 190 g/mol. The molecular formula is C12H15NS. The molecule has 2 bridgehead atoms. The van der Waals surface area contributed by atoms with Crippen LogP contribution in [0.2, 0.25) is 0 Å². The van der Waals surface area contributed by atoms with E-state index < -0.39 is 0 Å². The molecule has 14 heavy (non-hydrogen) atoms. The zero-order chi connectivity index (χ0) is 9.54. The number of rotatable bonds is 0. The average Bonchev–Trinajstić information content (AvgIpc) is 2.51. The standard InChI is InChI=1S/C12H15NS/c1-8-3-2-4-10-11-7-14-6-9(5-13-11)12(8)10/h2-4,9,11,13H,5-7H2,1H3. The van der Waals surface area contributed by atoms with Crippen LogP contribution in [0.5, 0.6) is 0 Å². The summed E-state index contributed by atoms with van der Waals surface area (Å²) in [6, 6.07) is 7.36. The highest BCUT2D eigenvalue weighted by molar-refractivity contribution is 7.99. The number of thioether (sulfide) groups is 1. The third-order valence-corrected chi connectivity index (χ3v) is 4.56. The molecule has 0 aliphatic carbocycles. The van der Waals surface area contributed by atoms with Gasteiger partial charge in [0.25, 0.3) is 0 Å². The number of hydrogen-bond donors (Lipinski definition) is 1. The van der Waals surface area contributed by atoms with Crippen molar-refractivity contribution in [2.24, 2.45) is 0 Å². The topological polar surface area (TPSA) is 12.0 Å². The van der Waals surface area contributed by atoms with Gasteiger partial charge in [-0.2, -0.15) is 11.8 Å². The van der Waals surface area contributed by atoms with Gasteiger partial charge in [0.05, 0.1) is 0 Å². The van der Waals surface area contributed by atoms with E-state index in [1.165, 1.54) is 23.6 Å². The van der Waals surface area contributed by atoms with Crippen molar-refractivity contribution in [1.82, 2.24) is 5.32 Å². The fourth-order valence-electron chi connectivity index (χ4n) is 2.68. The third kappa shape index (κ3) is 1.21. The quantitative estimate of drug-likeness (QED) is 0.698. The van der Waals surface area contributed by atoms with E-state index in [9.17, 15) is 0 Å². The summed E-state index contributed by atoms with van der Waals surface area (Å²) in [4.78, 5) is 0. The normalized spacial score (nSPS) is 29.8. The zero-order valence-corrected chi connectivity index (χ0v) is 9.23.